The second-order valence-electron chi connectivity index (χ2n) is 8.27. The van der Waals surface area contributed by atoms with E-state index in [-0.39, 0.29) is 5.92 Å². The van der Waals surface area contributed by atoms with Gasteiger partial charge in [0.05, 0.1) is 21.8 Å². The highest BCUT2D eigenvalue weighted by Crippen LogP contribution is 2.33. The van der Waals surface area contributed by atoms with Gasteiger partial charge < -0.3 is 9.80 Å². The highest BCUT2D eigenvalue weighted by molar-refractivity contribution is 7.16. The number of carbonyl (C=O) groups excluding carboxylic acids is 1. The Kier molecular flexibility index (Phi) is 4.96. The van der Waals surface area contributed by atoms with Gasteiger partial charge in [-0.2, -0.15) is 0 Å². The maximum atomic E-state index is 12.9. The molecule has 2 saturated heterocycles. The number of amides is 1. The number of thiazole rings is 1. The Bertz CT molecular complexity index is 1020. The van der Waals surface area contributed by atoms with Crippen molar-refractivity contribution >= 4 is 33.3 Å². The zero-order valence-electron chi connectivity index (χ0n) is 16.8. The molecule has 2 aliphatic heterocycles. The van der Waals surface area contributed by atoms with Gasteiger partial charge in [0.15, 0.2) is 0 Å². The first-order chi connectivity index (χ1) is 14.2. The summed E-state index contributed by atoms with van der Waals surface area (Å²) in [6.07, 6.45) is 5.95. The molecule has 150 valence electrons. The minimum absolute atomic E-state index is 0.173. The highest BCUT2D eigenvalue weighted by atomic mass is 32.1. The number of aromatic nitrogens is 2. The Morgan fingerprint density at radius 1 is 1.17 bits per heavy atom. The van der Waals surface area contributed by atoms with Gasteiger partial charge in [-0.05, 0) is 55.9 Å². The lowest BCUT2D eigenvalue weighted by Crippen LogP contribution is -2.51. The molecule has 0 radical (unpaired) electrons. The van der Waals surface area contributed by atoms with Gasteiger partial charge in [0, 0.05) is 31.7 Å². The first-order valence-corrected chi connectivity index (χ1v) is 11.4. The fourth-order valence-corrected chi connectivity index (χ4v) is 5.62. The molecular weight excluding hydrogens is 380 g/mol. The van der Waals surface area contributed by atoms with Crippen LogP contribution in [0.15, 0.2) is 42.0 Å². The molecule has 0 bridgehead atoms. The molecule has 0 aliphatic carbocycles. The third kappa shape index (κ3) is 3.62. The van der Waals surface area contributed by atoms with Gasteiger partial charge in [-0.1, -0.05) is 18.2 Å². The standard InChI is InChI=1S/C23H26N4OS/c1-16-8-9-21(24-13-16)26-10-11-27-19(14-26)12-18(23(27)28)6-2-4-17-5-3-7-20-22(17)29-15-25-20/h3,5,7-9,13,15,18-19H,2,4,6,10-12,14H2,1H3/t18-,19-/m0/s1. The summed E-state index contributed by atoms with van der Waals surface area (Å²) in [6, 6.07) is 10.9. The van der Waals surface area contributed by atoms with E-state index in [0.717, 1.165) is 56.7 Å². The van der Waals surface area contributed by atoms with Crippen LogP contribution in [0.1, 0.15) is 30.4 Å². The van der Waals surface area contributed by atoms with Crippen LogP contribution in [0.5, 0.6) is 0 Å². The van der Waals surface area contributed by atoms with Crippen LogP contribution in [0.25, 0.3) is 10.2 Å². The molecule has 0 spiro atoms. The number of carbonyl (C=O) groups is 1. The topological polar surface area (TPSA) is 49.3 Å². The van der Waals surface area contributed by atoms with E-state index in [2.05, 4.69) is 57.0 Å². The number of aryl methyl sites for hydroxylation is 2. The first kappa shape index (κ1) is 18.6. The van der Waals surface area contributed by atoms with Crippen LogP contribution in [0.4, 0.5) is 5.82 Å². The largest absolute Gasteiger partial charge is 0.353 e. The third-order valence-corrected chi connectivity index (χ3v) is 7.25. The van der Waals surface area contributed by atoms with E-state index in [4.69, 9.17) is 0 Å². The van der Waals surface area contributed by atoms with Crippen molar-refractivity contribution in [2.24, 2.45) is 5.92 Å². The molecule has 2 fully saturated rings. The predicted octanol–water partition coefficient (Wildman–Crippen LogP) is 4.06. The molecule has 4 heterocycles. The molecule has 3 aromatic rings. The molecular formula is C23H26N4OS. The van der Waals surface area contributed by atoms with Crippen LogP contribution in [0.2, 0.25) is 0 Å². The highest BCUT2D eigenvalue weighted by Gasteiger charge is 2.42. The number of pyridine rings is 1. The Balaban J connectivity index is 1.19. The Labute approximate surface area is 175 Å². The molecule has 0 saturated carbocycles. The molecule has 2 atom stereocenters. The Morgan fingerprint density at radius 2 is 2.10 bits per heavy atom. The number of fused-ring (bicyclic) bond motifs is 2. The second-order valence-corrected chi connectivity index (χ2v) is 9.12. The smallest absolute Gasteiger partial charge is 0.226 e. The van der Waals surface area contributed by atoms with Crippen LogP contribution in [0.3, 0.4) is 0 Å². The van der Waals surface area contributed by atoms with Crippen LogP contribution < -0.4 is 4.90 Å². The van der Waals surface area contributed by atoms with Gasteiger partial charge in [-0.25, -0.2) is 9.97 Å². The van der Waals surface area contributed by atoms with Crippen molar-refractivity contribution in [1.29, 1.82) is 0 Å². The van der Waals surface area contributed by atoms with Gasteiger partial charge >= 0.3 is 0 Å². The van der Waals surface area contributed by atoms with Crippen molar-refractivity contribution in [3.05, 3.63) is 53.2 Å². The number of hydrogen-bond donors (Lipinski definition) is 0. The van der Waals surface area contributed by atoms with E-state index in [1.165, 1.54) is 15.8 Å². The van der Waals surface area contributed by atoms with E-state index >= 15 is 0 Å². The summed E-state index contributed by atoms with van der Waals surface area (Å²) >= 11 is 1.71. The molecule has 2 aromatic heterocycles. The van der Waals surface area contributed by atoms with Crippen molar-refractivity contribution < 1.29 is 4.79 Å². The van der Waals surface area contributed by atoms with Crippen molar-refractivity contribution in [1.82, 2.24) is 14.9 Å². The quantitative estimate of drug-likeness (QED) is 0.641. The number of hydrogen-bond acceptors (Lipinski definition) is 5. The molecule has 6 heteroatoms. The zero-order valence-corrected chi connectivity index (χ0v) is 17.6. The summed E-state index contributed by atoms with van der Waals surface area (Å²) in [5.41, 5.74) is 5.55. The van der Waals surface area contributed by atoms with E-state index in [0.29, 0.717) is 11.9 Å². The lowest BCUT2D eigenvalue weighted by atomic mass is 9.96. The summed E-state index contributed by atoms with van der Waals surface area (Å²) < 4.78 is 1.30. The first-order valence-electron chi connectivity index (χ1n) is 10.5. The molecule has 5 nitrogen and oxygen atoms in total. The number of anilines is 1. The SMILES string of the molecule is Cc1ccc(N2CCN3C(=O)[C@@H](CCCc4cccc5ncsc45)C[C@H]3C2)nc1. The van der Waals surface area contributed by atoms with E-state index in [1.807, 2.05) is 11.7 Å². The van der Waals surface area contributed by atoms with E-state index < -0.39 is 0 Å². The lowest BCUT2D eigenvalue weighted by Gasteiger charge is -2.38. The average molecular weight is 407 g/mol. The van der Waals surface area contributed by atoms with Crippen LogP contribution in [-0.2, 0) is 11.2 Å². The molecule has 5 rings (SSSR count). The Hall–Kier alpha value is -2.47. The van der Waals surface area contributed by atoms with E-state index in [1.54, 1.807) is 11.3 Å². The van der Waals surface area contributed by atoms with Gasteiger partial charge in [0.2, 0.25) is 5.91 Å². The fourth-order valence-electron chi connectivity index (χ4n) is 4.79. The number of nitrogens with zero attached hydrogens (tertiary/aromatic N) is 4. The molecule has 1 amide bonds. The normalized spacial score (nSPS) is 21.8. The van der Waals surface area contributed by atoms with E-state index in [9.17, 15) is 4.79 Å². The van der Waals surface area contributed by atoms with Gasteiger partial charge in [-0.15, -0.1) is 11.3 Å². The summed E-state index contributed by atoms with van der Waals surface area (Å²) in [5.74, 6) is 1.57. The van der Waals surface area contributed by atoms with Gasteiger partial charge in [0.25, 0.3) is 0 Å². The fraction of sp³-hybridized carbons (Fsp3) is 0.435. The van der Waals surface area contributed by atoms with Crippen molar-refractivity contribution in [2.45, 2.75) is 38.6 Å². The van der Waals surface area contributed by atoms with Crippen molar-refractivity contribution in [3.63, 3.8) is 0 Å². The number of rotatable bonds is 5. The summed E-state index contributed by atoms with van der Waals surface area (Å²) in [4.78, 5) is 26.4. The number of benzene rings is 1. The minimum atomic E-state index is 0.173. The summed E-state index contributed by atoms with van der Waals surface area (Å²) in [5, 5.41) is 0. The lowest BCUT2D eigenvalue weighted by molar-refractivity contribution is -0.132. The maximum absolute atomic E-state index is 12.9. The van der Waals surface area contributed by atoms with Crippen LogP contribution in [-0.4, -0.2) is 46.5 Å². The molecule has 2 aliphatic rings. The Morgan fingerprint density at radius 3 is 2.97 bits per heavy atom. The van der Waals surface area contributed by atoms with Crippen molar-refractivity contribution in [2.75, 3.05) is 24.5 Å². The minimum Gasteiger partial charge on any atom is -0.353 e. The van der Waals surface area contributed by atoms with Gasteiger partial charge in [-0.3, -0.25) is 4.79 Å². The average Bonchev–Trinajstić information content (AvgIpc) is 3.34. The van der Waals surface area contributed by atoms with Gasteiger partial charge in [0.1, 0.15) is 5.82 Å². The van der Waals surface area contributed by atoms with Crippen LogP contribution >= 0.6 is 11.3 Å². The summed E-state index contributed by atoms with van der Waals surface area (Å²) in [7, 11) is 0. The molecule has 1 aromatic carbocycles. The molecule has 0 unspecified atom stereocenters. The molecule has 29 heavy (non-hydrogen) atoms. The predicted molar refractivity (Wildman–Crippen MR) is 117 cm³/mol. The number of piperazine rings is 1. The second kappa shape index (κ2) is 7.75. The van der Waals surface area contributed by atoms with Crippen molar-refractivity contribution in [3.8, 4) is 0 Å². The monoisotopic (exact) mass is 406 g/mol. The maximum Gasteiger partial charge on any atom is 0.226 e. The molecule has 0 N–H and O–H groups in total. The summed E-state index contributed by atoms with van der Waals surface area (Å²) in [6.45, 7) is 4.65. The third-order valence-electron chi connectivity index (χ3n) is 6.33. The van der Waals surface area contributed by atoms with Crippen LogP contribution in [0, 0.1) is 12.8 Å². The zero-order chi connectivity index (χ0) is 19.8.